The number of fused-ring (bicyclic) bond motifs is 1. The van der Waals surface area contributed by atoms with Crippen molar-refractivity contribution in [3.63, 3.8) is 0 Å². The van der Waals surface area contributed by atoms with Crippen LogP contribution >= 0.6 is 23.4 Å². The van der Waals surface area contributed by atoms with Crippen LogP contribution in [0.1, 0.15) is 25.0 Å². The van der Waals surface area contributed by atoms with Crippen molar-refractivity contribution < 1.29 is 9.21 Å². The number of hydrogen-bond donors (Lipinski definition) is 1. The number of rotatable bonds is 2. The number of aliphatic imine (C=N–C) groups is 1. The molecule has 0 radical (unpaired) electrons. The number of hydrazone groups is 1. The predicted octanol–water partition coefficient (Wildman–Crippen LogP) is 4.66. The molecule has 1 aromatic carbocycles. The minimum Gasteiger partial charge on any atom is -0.457 e. The van der Waals surface area contributed by atoms with E-state index in [2.05, 4.69) is 15.0 Å². The molecule has 3 aliphatic heterocycles. The van der Waals surface area contributed by atoms with Gasteiger partial charge in [-0.25, -0.2) is 0 Å². The summed E-state index contributed by atoms with van der Waals surface area (Å²) in [6, 6.07) is 10.9. The number of carbonyl (C=O) groups excluding carboxylic acids is 1. The molecule has 4 heterocycles. The Bertz CT molecular complexity index is 1130. The second-order valence-corrected chi connectivity index (χ2v) is 8.47. The Labute approximate surface area is 182 Å². The second kappa shape index (κ2) is 7.77. The molecule has 7 nitrogen and oxygen atoms in total. The number of furan rings is 1. The number of hydrogen-bond acceptors (Lipinski definition) is 6. The molecule has 1 N–H and O–H groups in total. The number of nitrogens with zero attached hydrogens (tertiary/aromatic N) is 4. The lowest BCUT2D eigenvalue weighted by atomic mass is 10.1. The fourth-order valence-corrected chi connectivity index (χ4v) is 4.75. The summed E-state index contributed by atoms with van der Waals surface area (Å²) in [6.45, 7) is 1.88. The fraction of sp³-hybridized carbons (Fsp3) is 0.238. The number of halogens is 1. The van der Waals surface area contributed by atoms with Crippen molar-refractivity contribution in [2.75, 3.05) is 13.1 Å². The van der Waals surface area contributed by atoms with E-state index in [4.69, 9.17) is 21.4 Å². The number of nitrogens with one attached hydrogen (secondary N) is 1. The number of amidine groups is 3. The molecule has 0 atom stereocenters. The van der Waals surface area contributed by atoms with Gasteiger partial charge in [0.1, 0.15) is 11.5 Å². The van der Waals surface area contributed by atoms with Crippen molar-refractivity contribution in [3.8, 4) is 11.3 Å². The van der Waals surface area contributed by atoms with E-state index < -0.39 is 5.91 Å². The van der Waals surface area contributed by atoms with Crippen molar-refractivity contribution in [2.45, 2.75) is 19.3 Å². The van der Waals surface area contributed by atoms with Crippen LogP contribution in [0.4, 0.5) is 0 Å². The average Bonchev–Trinajstić information content (AvgIpc) is 3.39. The number of benzene rings is 1. The normalized spacial score (nSPS) is 20.5. The summed E-state index contributed by atoms with van der Waals surface area (Å²) in [7, 11) is 0. The summed E-state index contributed by atoms with van der Waals surface area (Å²) in [5, 5.41) is 16.3. The molecule has 1 amide bonds. The van der Waals surface area contributed by atoms with Gasteiger partial charge in [-0.15, -0.1) is 5.10 Å². The number of piperidine rings is 1. The number of carbonyl (C=O) groups is 1. The molecule has 1 aromatic heterocycles. The Morgan fingerprint density at radius 2 is 1.90 bits per heavy atom. The summed E-state index contributed by atoms with van der Waals surface area (Å²) in [4.78, 5) is 18.9. The third-order valence-electron chi connectivity index (χ3n) is 5.12. The van der Waals surface area contributed by atoms with E-state index in [0.717, 1.165) is 36.7 Å². The third kappa shape index (κ3) is 3.46. The van der Waals surface area contributed by atoms with Gasteiger partial charge in [0.25, 0.3) is 5.91 Å². The largest absolute Gasteiger partial charge is 0.457 e. The molecule has 1 saturated heterocycles. The zero-order chi connectivity index (χ0) is 20.7. The van der Waals surface area contributed by atoms with Crippen molar-refractivity contribution in [3.05, 3.63) is 52.8 Å². The van der Waals surface area contributed by atoms with E-state index in [0.29, 0.717) is 21.7 Å². The molecule has 0 bridgehead atoms. The minimum absolute atomic E-state index is 0.000188. The number of likely N-dealkylation sites (tertiary alicyclic amines) is 1. The highest BCUT2D eigenvalue weighted by molar-refractivity contribution is 8.26. The Balaban J connectivity index is 1.42. The molecular weight excluding hydrogens is 422 g/mol. The standard InChI is InChI=1S/C21H18ClN5O2S/c22-16-7-3-2-6-14(16)17-9-8-13(29-17)12-15-18(23)27-20(24-19(15)28)30-21(25-27)26-10-4-1-5-11-26/h2-3,6-9,12,23H,1,4-5,10-11H2/b15-12+,23-18?. The second-order valence-electron chi connectivity index (χ2n) is 7.13. The highest BCUT2D eigenvalue weighted by atomic mass is 35.5. The average molecular weight is 440 g/mol. The minimum atomic E-state index is -0.468. The Morgan fingerprint density at radius 1 is 1.10 bits per heavy atom. The molecule has 30 heavy (non-hydrogen) atoms. The summed E-state index contributed by atoms with van der Waals surface area (Å²) < 4.78 is 5.85. The van der Waals surface area contributed by atoms with Gasteiger partial charge in [-0.05, 0) is 61.4 Å². The molecular formula is C21H18ClN5O2S. The molecule has 0 aliphatic carbocycles. The highest BCUT2D eigenvalue weighted by Gasteiger charge is 2.37. The molecule has 2 aromatic rings. The Hall–Kier alpha value is -2.84. The third-order valence-corrected chi connectivity index (χ3v) is 6.42. The summed E-state index contributed by atoms with van der Waals surface area (Å²) in [6.07, 6.45) is 5.00. The molecule has 3 aliphatic rings. The first kappa shape index (κ1) is 19.1. The molecule has 0 spiro atoms. The molecule has 5 rings (SSSR count). The fourth-order valence-electron chi connectivity index (χ4n) is 3.57. The summed E-state index contributed by atoms with van der Waals surface area (Å²) in [5.41, 5.74) is 0.906. The van der Waals surface area contributed by atoms with Crippen molar-refractivity contribution in [2.24, 2.45) is 10.1 Å². The van der Waals surface area contributed by atoms with Crippen LogP contribution in [-0.4, -0.2) is 45.1 Å². The maximum absolute atomic E-state index is 12.6. The van der Waals surface area contributed by atoms with Crippen LogP contribution < -0.4 is 0 Å². The van der Waals surface area contributed by atoms with Crippen LogP contribution in [-0.2, 0) is 4.79 Å². The van der Waals surface area contributed by atoms with Crippen LogP contribution in [0.5, 0.6) is 0 Å². The molecule has 0 saturated carbocycles. The van der Waals surface area contributed by atoms with Gasteiger partial charge < -0.3 is 9.32 Å². The predicted molar refractivity (Wildman–Crippen MR) is 120 cm³/mol. The lowest BCUT2D eigenvalue weighted by molar-refractivity contribution is -0.114. The van der Waals surface area contributed by atoms with E-state index in [1.807, 2.05) is 18.2 Å². The van der Waals surface area contributed by atoms with E-state index >= 15 is 0 Å². The van der Waals surface area contributed by atoms with Gasteiger partial charge in [0.15, 0.2) is 11.0 Å². The van der Waals surface area contributed by atoms with Crippen molar-refractivity contribution >= 4 is 51.5 Å². The Kier molecular flexibility index (Phi) is 4.96. The maximum Gasteiger partial charge on any atom is 0.283 e. The van der Waals surface area contributed by atoms with Gasteiger partial charge in [0.2, 0.25) is 5.17 Å². The summed E-state index contributed by atoms with van der Waals surface area (Å²) >= 11 is 7.58. The zero-order valence-electron chi connectivity index (χ0n) is 16.0. The van der Waals surface area contributed by atoms with Gasteiger partial charge in [0, 0.05) is 18.7 Å². The number of amides is 1. The van der Waals surface area contributed by atoms with Gasteiger partial charge in [0.05, 0.1) is 10.6 Å². The van der Waals surface area contributed by atoms with Crippen LogP contribution in [0.2, 0.25) is 5.02 Å². The Morgan fingerprint density at radius 3 is 2.70 bits per heavy atom. The first-order valence-electron chi connectivity index (χ1n) is 9.70. The van der Waals surface area contributed by atoms with Crippen molar-refractivity contribution in [1.82, 2.24) is 9.91 Å². The van der Waals surface area contributed by atoms with Crippen LogP contribution in [0.3, 0.4) is 0 Å². The molecule has 1 fully saturated rings. The molecule has 152 valence electrons. The summed E-state index contributed by atoms with van der Waals surface area (Å²) in [5.74, 6) is 0.571. The lowest BCUT2D eigenvalue weighted by Crippen LogP contribution is -2.35. The molecule has 0 unspecified atom stereocenters. The van der Waals surface area contributed by atoms with E-state index in [1.165, 1.54) is 29.3 Å². The number of thioether (sulfide) groups is 1. The first-order chi connectivity index (χ1) is 14.6. The van der Waals surface area contributed by atoms with Gasteiger partial charge in [-0.1, -0.05) is 23.7 Å². The lowest BCUT2D eigenvalue weighted by Gasteiger charge is -2.26. The van der Waals surface area contributed by atoms with E-state index in [1.54, 1.807) is 18.2 Å². The van der Waals surface area contributed by atoms with Gasteiger partial charge in [-0.2, -0.15) is 10.0 Å². The zero-order valence-corrected chi connectivity index (χ0v) is 17.5. The van der Waals surface area contributed by atoms with E-state index in [-0.39, 0.29) is 11.4 Å². The van der Waals surface area contributed by atoms with Gasteiger partial charge in [-0.3, -0.25) is 10.2 Å². The monoisotopic (exact) mass is 439 g/mol. The van der Waals surface area contributed by atoms with Crippen LogP contribution in [0.15, 0.2) is 56.5 Å². The highest BCUT2D eigenvalue weighted by Crippen LogP contribution is 2.32. The van der Waals surface area contributed by atoms with Crippen LogP contribution in [0, 0.1) is 5.41 Å². The first-order valence-corrected chi connectivity index (χ1v) is 10.9. The van der Waals surface area contributed by atoms with Crippen LogP contribution in [0.25, 0.3) is 17.4 Å². The van der Waals surface area contributed by atoms with E-state index in [9.17, 15) is 4.79 Å². The quantitative estimate of drug-likeness (QED) is 0.687. The maximum atomic E-state index is 12.6. The van der Waals surface area contributed by atoms with Crippen molar-refractivity contribution in [1.29, 1.82) is 5.41 Å². The smallest absolute Gasteiger partial charge is 0.283 e. The van der Waals surface area contributed by atoms with Gasteiger partial charge >= 0.3 is 0 Å². The molecule has 9 heteroatoms. The SMILES string of the molecule is N=C1/C(=C\c2ccc(-c3ccccc3Cl)o2)C(=O)N=C2SC(N3CCCCC3)=NN12. The topological polar surface area (TPSA) is 85.3 Å².